The molecule has 2 rings (SSSR count). The summed E-state index contributed by atoms with van der Waals surface area (Å²) in [5, 5.41) is 2.85. The first kappa shape index (κ1) is 18.4. The number of ether oxygens (including phenoxy) is 2. The summed E-state index contributed by atoms with van der Waals surface area (Å²) in [5.74, 6) is -0.700. The smallest absolute Gasteiger partial charge is 0.335 e. The summed E-state index contributed by atoms with van der Waals surface area (Å²) in [4.78, 5) is 37.8. The van der Waals surface area contributed by atoms with Crippen molar-refractivity contribution < 1.29 is 23.9 Å². The van der Waals surface area contributed by atoms with Gasteiger partial charge in [0.2, 0.25) is 5.91 Å². The molecule has 1 N–H and O–H groups in total. The molecular weight excluding hydrogens is 312 g/mol. The number of nitrogens with one attached hydrogen (secondary N) is 1. The zero-order chi connectivity index (χ0) is 17.7. The number of amides is 2. The second-order valence-corrected chi connectivity index (χ2v) is 6.20. The third-order valence-electron chi connectivity index (χ3n) is 4.62. The molecule has 1 spiro atoms. The number of hydrogen-bond donors (Lipinski definition) is 1. The lowest BCUT2D eigenvalue weighted by Gasteiger charge is -2.39. The molecule has 0 radical (unpaired) electrons. The van der Waals surface area contributed by atoms with Crippen molar-refractivity contribution in [1.82, 2.24) is 10.2 Å². The lowest BCUT2D eigenvalue weighted by Crippen LogP contribution is -2.50. The van der Waals surface area contributed by atoms with Crippen molar-refractivity contribution in [2.75, 3.05) is 32.8 Å². The van der Waals surface area contributed by atoms with Crippen molar-refractivity contribution in [3.63, 3.8) is 0 Å². The van der Waals surface area contributed by atoms with Gasteiger partial charge in [0, 0.05) is 58.2 Å². The minimum absolute atomic E-state index is 0.00296. The van der Waals surface area contributed by atoms with Gasteiger partial charge in [0.1, 0.15) is 5.60 Å². The summed E-state index contributed by atoms with van der Waals surface area (Å²) >= 11 is 0. The van der Waals surface area contributed by atoms with Crippen LogP contribution < -0.4 is 5.32 Å². The summed E-state index contributed by atoms with van der Waals surface area (Å²) in [6.07, 6.45) is 1.63. The van der Waals surface area contributed by atoms with E-state index in [1.54, 1.807) is 11.8 Å². The highest BCUT2D eigenvalue weighted by atomic mass is 16.6. The van der Waals surface area contributed by atoms with Crippen molar-refractivity contribution in [1.29, 1.82) is 0 Å². The van der Waals surface area contributed by atoms with E-state index in [4.69, 9.17) is 9.47 Å². The maximum atomic E-state index is 12.6. The minimum Gasteiger partial charge on any atom is -0.450 e. The summed E-state index contributed by atoms with van der Waals surface area (Å²) in [7, 11) is 0. The van der Waals surface area contributed by atoms with Crippen molar-refractivity contribution >= 4 is 17.8 Å². The lowest BCUT2D eigenvalue weighted by molar-refractivity contribution is -0.152. The van der Waals surface area contributed by atoms with Crippen molar-refractivity contribution in [3.8, 4) is 0 Å². The Bertz CT molecular complexity index is 547. The van der Waals surface area contributed by atoms with Crippen molar-refractivity contribution in [3.05, 3.63) is 11.1 Å². The molecule has 0 saturated carbocycles. The minimum atomic E-state index is -0.892. The van der Waals surface area contributed by atoms with E-state index in [0.717, 1.165) is 0 Å². The summed E-state index contributed by atoms with van der Waals surface area (Å²) < 4.78 is 10.8. The van der Waals surface area contributed by atoms with Crippen LogP contribution in [0, 0.1) is 0 Å². The molecule has 1 fully saturated rings. The normalized spacial score (nSPS) is 19.6. The summed E-state index contributed by atoms with van der Waals surface area (Å²) in [6, 6.07) is 0. The Morgan fingerprint density at radius 3 is 2.58 bits per heavy atom. The second kappa shape index (κ2) is 7.79. The van der Waals surface area contributed by atoms with Gasteiger partial charge in [-0.3, -0.25) is 9.59 Å². The number of piperidine rings is 1. The van der Waals surface area contributed by atoms with Gasteiger partial charge in [-0.1, -0.05) is 0 Å². The van der Waals surface area contributed by atoms with E-state index in [9.17, 15) is 14.4 Å². The van der Waals surface area contributed by atoms with Gasteiger partial charge in [0.05, 0.1) is 5.57 Å². The second-order valence-electron chi connectivity index (χ2n) is 6.20. The molecule has 24 heavy (non-hydrogen) atoms. The molecule has 7 heteroatoms. The van der Waals surface area contributed by atoms with Crippen LogP contribution in [0.4, 0.5) is 0 Å². The van der Waals surface area contributed by atoms with Crippen LogP contribution in [0.2, 0.25) is 0 Å². The summed E-state index contributed by atoms with van der Waals surface area (Å²) in [5.41, 5.74) is -0.0994. The number of nitrogens with zero attached hydrogens (tertiary/aromatic N) is 1. The average molecular weight is 338 g/mol. The third kappa shape index (κ3) is 3.77. The van der Waals surface area contributed by atoms with Crippen LogP contribution in [-0.4, -0.2) is 61.1 Å². The van der Waals surface area contributed by atoms with Crippen LogP contribution in [0.1, 0.15) is 40.0 Å². The van der Waals surface area contributed by atoms with Gasteiger partial charge in [0.15, 0.2) is 0 Å². The van der Waals surface area contributed by atoms with Crippen LogP contribution in [0.15, 0.2) is 11.1 Å². The Morgan fingerprint density at radius 1 is 1.33 bits per heavy atom. The monoisotopic (exact) mass is 338 g/mol. The lowest BCUT2D eigenvalue weighted by atomic mass is 9.82. The fourth-order valence-electron chi connectivity index (χ4n) is 3.27. The predicted octanol–water partition coefficient (Wildman–Crippen LogP) is 0.784. The van der Waals surface area contributed by atoms with Crippen LogP contribution in [0.5, 0.6) is 0 Å². The van der Waals surface area contributed by atoms with Gasteiger partial charge in [-0.2, -0.15) is 0 Å². The number of rotatable bonds is 6. The van der Waals surface area contributed by atoms with Crippen LogP contribution in [-0.2, 0) is 23.9 Å². The third-order valence-corrected chi connectivity index (χ3v) is 4.62. The molecule has 134 valence electrons. The van der Waals surface area contributed by atoms with E-state index in [1.165, 1.54) is 6.92 Å². The maximum absolute atomic E-state index is 12.6. The Kier molecular flexibility index (Phi) is 5.99. The number of hydrogen-bond acceptors (Lipinski definition) is 5. The van der Waals surface area contributed by atoms with E-state index in [1.807, 2.05) is 6.92 Å². The van der Waals surface area contributed by atoms with Crippen LogP contribution in [0.25, 0.3) is 0 Å². The molecule has 2 aliphatic rings. The van der Waals surface area contributed by atoms with Gasteiger partial charge < -0.3 is 19.7 Å². The first-order valence-corrected chi connectivity index (χ1v) is 8.47. The fourth-order valence-corrected chi connectivity index (χ4v) is 3.27. The molecular formula is C17H26N2O5. The zero-order valence-corrected chi connectivity index (χ0v) is 14.6. The standard InChI is InChI=1S/C17H26N2O5/c1-4-23-11-5-8-18-15(21)14-12(2)16(22)24-17(14)6-9-19(10-7-17)13(3)20/h4-11H2,1-3H3,(H,18,21). The molecule has 0 aromatic carbocycles. The summed E-state index contributed by atoms with van der Waals surface area (Å²) in [6.45, 7) is 7.76. The van der Waals surface area contributed by atoms with Gasteiger partial charge in [-0.05, 0) is 20.3 Å². The SMILES string of the molecule is CCOCCCNC(=O)C1=C(C)C(=O)OC12CCN(C(C)=O)CC2. The highest BCUT2D eigenvalue weighted by molar-refractivity contribution is 6.07. The quantitative estimate of drug-likeness (QED) is 0.571. The van der Waals surface area contributed by atoms with Crippen LogP contribution in [0.3, 0.4) is 0 Å². The fraction of sp³-hybridized carbons (Fsp3) is 0.706. The highest BCUT2D eigenvalue weighted by Crippen LogP contribution is 2.41. The van der Waals surface area contributed by atoms with Gasteiger partial charge >= 0.3 is 5.97 Å². The first-order chi connectivity index (χ1) is 11.4. The van der Waals surface area contributed by atoms with E-state index < -0.39 is 11.6 Å². The Hall–Kier alpha value is -1.89. The molecule has 0 atom stereocenters. The molecule has 0 unspecified atom stereocenters. The largest absolute Gasteiger partial charge is 0.450 e. The molecule has 1 saturated heterocycles. The van der Waals surface area contributed by atoms with Gasteiger partial charge in [0.25, 0.3) is 5.91 Å². The molecule has 2 aliphatic heterocycles. The number of carbonyl (C=O) groups is 3. The molecule has 7 nitrogen and oxygen atoms in total. The molecule has 2 amide bonds. The maximum Gasteiger partial charge on any atom is 0.335 e. The van der Waals surface area contributed by atoms with E-state index in [2.05, 4.69) is 5.32 Å². The van der Waals surface area contributed by atoms with Crippen molar-refractivity contribution in [2.45, 2.75) is 45.6 Å². The molecule has 0 aromatic rings. The number of likely N-dealkylation sites (tertiary alicyclic amines) is 1. The first-order valence-electron chi connectivity index (χ1n) is 8.47. The predicted molar refractivity (Wildman–Crippen MR) is 87.1 cm³/mol. The Morgan fingerprint density at radius 2 is 2.00 bits per heavy atom. The Labute approximate surface area is 142 Å². The zero-order valence-electron chi connectivity index (χ0n) is 14.6. The Balaban J connectivity index is 2.03. The van der Waals surface area contributed by atoms with Crippen molar-refractivity contribution in [2.24, 2.45) is 0 Å². The average Bonchev–Trinajstić information content (AvgIpc) is 2.78. The van der Waals surface area contributed by atoms with Gasteiger partial charge in [-0.15, -0.1) is 0 Å². The van der Waals surface area contributed by atoms with E-state index in [0.29, 0.717) is 63.3 Å². The van der Waals surface area contributed by atoms with E-state index in [-0.39, 0.29) is 11.8 Å². The van der Waals surface area contributed by atoms with E-state index >= 15 is 0 Å². The molecule has 0 aliphatic carbocycles. The number of carbonyl (C=O) groups excluding carboxylic acids is 3. The van der Waals surface area contributed by atoms with Gasteiger partial charge in [-0.25, -0.2) is 4.79 Å². The molecule has 0 aromatic heterocycles. The van der Waals surface area contributed by atoms with Crippen LogP contribution >= 0.6 is 0 Å². The highest BCUT2D eigenvalue weighted by Gasteiger charge is 2.50. The molecule has 2 heterocycles. The number of esters is 1. The topological polar surface area (TPSA) is 84.9 Å². The molecule has 0 bridgehead atoms.